The maximum Gasteiger partial charge on any atom is 0.254 e. The molecule has 1 heterocycles. The topological polar surface area (TPSA) is 79.0 Å². The first-order valence-electron chi connectivity index (χ1n) is 10.6. The monoisotopic (exact) mass is 423 g/mol. The van der Waals surface area contributed by atoms with Gasteiger partial charge in [0.05, 0.1) is 18.0 Å². The summed E-state index contributed by atoms with van der Waals surface area (Å²) in [6.45, 7) is 4.48. The first-order chi connectivity index (χ1) is 14.9. The zero-order chi connectivity index (χ0) is 22.4. The Hall–Kier alpha value is -3.35. The van der Waals surface area contributed by atoms with Crippen LogP contribution in [0.4, 0.5) is 11.4 Å². The van der Waals surface area contributed by atoms with Gasteiger partial charge < -0.3 is 19.9 Å². The summed E-state index contributed by atoms with van der Waals surface area (Å²) >= 11 is 0. The van der Waals surface area contributed by atoms with Gasteiger partial charge in [0.2, 0.25) is 11.8 Å². The zero-order valence-corrected chi connectivity index (χ0v) is 18.3. The Morgan fingerprint density at radius 2 is 1.87 bits per heavy atom. The van der Waals surface area contributed by atoms with Crippen molar-refractivity contribution in [2.45, 2.75) is 39.2 Å². The maximum atomic E-state index is 13.2. The molecule has 1 aliphatic heterocycles. The summed E-state index contributed by atoms with van der Waals surface area (Å²) in [7, 11) is 1.60. The molecule has 31 heavy (non-hydrogen) atoms. The van der Waals surface area contributed by atoms with Gasteiger partial charge in [0.25, 0.3) is 5.91 Å². The van der Waals surface area contributed by atoms with Gasteiger partial charge in [0, 0.05) is 25.1 Å². The Morgan fingerprint density at radius 3 is 2.58 bits per heavy atom. The molecule has 1 N–H and O–H groups in total. The number of carbonyl (C=O) groups excluding carboxylic acids is 3. The van der Waals surface area contributed by atoms with Gasteiger partial charge in [-0.1, -0.05) is 25.5 Å². The van der Waals surface area contributed by atoms with E-state index in [9.17, 15) is 14.4 Å². The second-order valence-electron chi connectivity index (χ2n) is 7.77. The Morgan fingerprint density at radius 1 is 1.16 bits per heavy atom. The van der Waals surface area contributed by atoms with E-state index in [1.807, 2.05) is 19.1 Å². The van der Waals surface area contributed by atoms with E-state index in [-0.39, 0.29) is 36.7 Å². The van der Waals surface area contributed by atoms with Crippen LogP contribution in [-0.4, -0.2) is 48.9 Å². The van der Waals surface area contributed by atoms with Crippen LogP contribution in [0.15, 0.2) is 48.5 Å². The molecule has 0 saturated carbocycles. The summed E-state index contributed by atoms with van der Waals surface area (Å²) in [6, 6.07) is 13.8. The number of anilines is 2. The lowest BCUT2D eigenvalue weighted by atomic mass is 10.1. The quantitative estimate of drug-likeness (QED) is 0.689. The van der Waals surface area contributed by atoms with Crippen LogP contribution in [-0.2, 0) is 9.59 Å². The van der Waals surface area contributed by atoms with E-state index in [1.54, 1.807) is 48.3 Å². The van der Waals surface area contributed by atoms with Gasteiger partial charge in [-0.2, -0.15) is 0 Å². The third-order valence-corrected chi connectivity index (χ3v) is 5.21. The third-order valence-electron chi connectivity index (χ3n) is 5.21. The molecule has 3 amide bonds. The van der Waals surface area contributed by atoms with Gasteiger partial charge in [-0.05, 0) is 49.7 Å². The summed E-state index contributed by atoms with van der Waals surface area (Å²) in [4.78, 5) is 41.1. The van der Waals surface area contributed by atoms with Crippen molar-refractivity contribution in [1.29, 1.82) is 0 Å². The van der Waals surface area contributed by atoms with Crippen LogP contribution in [0.3, 0.4) is 0 Å². The SMILES string of the molecule is CCCCOc1ccc(C(=O)N(C)CC(=O)N2c3ccccc3NC(=O)CC2C)cc1. The first kappa shape index (κ1) is 22.3. The first-order valence-corrected chi connectivity index (χ1v) is 10.6. The number of likely N-dealkylation sites (N-methyl/N-ethyl adjacent to an activating group) is 1. The predicted octanol–water partition coefficient (Wildman–Crippen LogP) is 3.70. The fraction of sp³-hybridized carbons (Fsp3) is 0.375. The highest BCUT2D eigenvalue weighted by Crippen LogP contribution is 2.31. The maximum absolute atomic E-state index is 13.2. The molecule has 7 nitrogen and oxygen atoms in total. The molecule has 0 saturated heterocycles. The van der Waals surface area contributed by atoms with Crippen LogP contribution < -0.4 is 15.0 Å². The van der Waals surface area contributed by atoms with Crippen molar-refractivity contribution in [2.75, 3.05) is 30.4 Å². The van der Waals surface area contributed by atoms with Crippen LogP contribution in [0.2, 0.25) is 0 Å². The molecule has 1 unspecified atom stereocenters. The molecule has 0 aromatic heterocycles. The summed E-state index contributed by atoms with van der Waals surface area (Å²) in [5.74, 6) is 0.0852. The number of benzene rings is 2. The van der Waals surface area contributed by atoms with E-state index < -0.39 is 0 Å². The van der Waals surface area contributed by atoms with Crippen LogP contribution in [0, 0.1) is 0 Å². The molecule has 7 heteroatoms. The number of para-hydroxylation sites is 2. The Bertz CT molecular complexity index is 942. The fourth-order valence-electron chi connectivity index (χ4n) is 3.57. The molecule has 0 radical (unpaired) electrons. The van der Waals surface area contributed by atoms with Crippen LogP contribution in [0.1, 0.15) is 43.5 Å². The Balaban J connectivity index is 1.69. The predicted molar refractivity (Wildman–Crippen MR) is 120 cm³/mol. The van der Waals surface area contributed by atoms with E-state index in [0.29, 0.717) is 23.5 Å². The van der Waals surface area contributed by atoms with Crippen molar-refractivity contribution in [3.8, 4) is 5.75 Å². The highest BCUT2D eigenvalue weighted by atomic mass is 16.5. The van der Waals surface area contributed by atoms with Crippen LogP contribution in [0.25, 0.3) is 0 Å². The van der Waals surface area contributed by atoms with E-state index in [0.717, 1.165) is 18.6 Å². The molecule has 2 aromatic rings. The van der Waals surface area contributed by atoms with Crippen molar-refractivity contribution in [3.05, 3.63) is 54.1 Å². The van der Waals surface area contributed by atoms with E-state index in [2.05, 4.69) is 12.2 Å². The third kappa shape index (κ3) is 5.42. The number of hydrogen-bond donors (Lipinski definition) is 1. The van der Waals surface area contributed by atoms with Crippen molar-refractivity contribution in [1.82, 2.24) is 4.90 Å². The number of rotatable bonds is 7. The largest absolute Gasteiger partial charge is 0.494 e. The number of nitrogens with zero attached hydrogens (tertiary/aromatic N) is 2. The molecule has 164 valence electrons. The van der Waals surface area contributed by atoms with Crippen molar-refractivity contribution >= 4 is 29.1 Å². The van der Waals surface area contributed by atoms with Gasteiger partial charge in [0.15, 0.2) is 0 Å². The second-order valence-corrected chi connectivity index (χ2v) is 7.77. The smallest absolute Gasteiger partial charge is 0.254 e. The normalized spacial score (nSPS) is 15.5. The average molecular weight is 424 g/mol. The van der Waals surface area contributed by atoms with Crippen LogP contribution in [0.5, 0.6) is 5.75 Å². The highest BCUT2D eigenvalue weighted by Gasteiger charge is 2.30. The summed E-state index contributed by atoms with van der Waals surface area (Å²) in [6.07, 6.45) is 2.22. The molecule has 3 rings (SSSR count). The minimum absolute atomic E-state index is 0.0968. The van der Waals surface area contributed by atoms with E-state index in [1.165, 1.54) is 4.90 Å². The molecular formula is C24H29N3O4. The number of carbonyl (C=O) groups is 3. The number of nitrogens with one attached hydrogen (secondary N) is 1. The fourth-order valence-corrected chi connectivity index (χ4v) is 3.57. The van der Waals surface area contributed by atoms with Crippen molar-refractivity contribution < 1.29 is 19.1 Å². The van der Waals surface area contributed by atoms with Gasteiger partial charge >= 0.3 is 0 Å². The lowest BCUT2D eigenvalue weighted by molar-refractivity contribution is -0.119. The molecular weight excluding hydrogens is 394 g/mol. The van der Waals surface area contributed by atoms with Crippen molar-refractivity contribution in [2.24, 2.45) is 0 Å². The minimum Gasteiger partial charge on any atom is -0.494 e. The lowest BCUT2D eigenvalue weighted by Crippen LogP contribution is -2.45. The molecule has 0 spiro atoms. The molecule has 0 fully saturated rings. The van der Waals surface area contributed by atoms with Crippen molar-refractivity contribution in [3.63, 3.8) is 0 Å². The average Bonchev–Trinajstić information content (AvgIpc) is 2.87. The second kappa shape index (κ2) is 10.1. The number of ether oxygens (including phenoxy) is 1. The number of unbranched alkanes of at least 4 members (excludes halogenated alkanes) is 1. The molecule has 1 atom stereocenters. The van der Waals surface area contributed by atoms with Crippen LogP contribution >= 0.6 is 0 Å². The number of amides is 3. The molecule has 1 aliphatic rings. The molecule has 0 aliphatic carbocycles. The lowest BCUT2D eigenvalue weighted by Gasteiger charge is -2.29. The standard InChI is InChI=1S/C24H29N3O4/c1-4-5-14-31-19-12-10-18(11-13-19)24(30)26(3)16-23(29)27-17(2)15-22(28)25-20-8-6-7-9-21(20)27/h6-13,17H,4-5,14-16H2,1-3H3,(H,25,28). The van der Waals surface area contributed by atoms with E-state index >= 15 is 0 Å². The zero-order valence-electron chi connectivity index (χ0n) is 18.3. The van der Waals surface area contributed by atoms with E-state index in [4.69, 9.17) is 4.74 Å². The highest BCUT2D eigenvalue weighted by molar-refractivity contribution is 6.06. The molecule has 0 bridgehead atoms. The summed E-state index contributed by atoms with van der Waals surface area (Å²) < 4.78 is 5.63. The summed E-state index contributed by atoms with van der Waals surface area (Å²) in [5.41, 5.74) is 1.72. The number of fused-ring (bicyclic) bond motifs is 1. The van der Waals surface area contributed by atoms with Gasteiger partial charge in [-0.15, -0.1) is 0 Å². The summed E-state index contributed by atoms with van der Waals surface area (Å²) in [5, 5.41) is 2.84. The van der Waals surface area contributed by atoms with Gasteiger partial charge in [0.1, 0.15) is 12.3 Å². The number of hydrogen-bond acceptors (Lipinski definition) is 4. The Labute approximate surface area is 183 Å². The van der Waals surface area contributed by atoms with Gasteiger partial charge in [-0.25, -0.2) is 0 Å². The minimum atomic E-state index is -0.320. The van der Waals surface area contributed by atoms with Gasteiger partial charge in [-0.3, -0.25) is 14.4 Å². The Kier molecular flexibility index (Phi) is 7.28. The molecule has 2 aromatic carbocycles.